The van der Waals surface area contributed by atoms with Crippen molar-refractivity contribution in [2.45, 2.75) is 4.90 Å². The van der Waals surface area contributed by atoms with Gasteiger partial charge in [0, 0.05) is 26.2 Å². The van der Waals surface area contributed by atoms with E-state index in [0.29, 0.717) is 18.8 Å². The molecular formula is C19H21FN4O4S. The second-order valence-corrected chi connectivity index (χ2v) is 8.48. The molecule has 0 radical (unpaired) electrons. The van der Waals surface area contributed by atoms with E-state index in [1.165, 1.54) is 28.6 Å². The molecule has 3 rings (SSSR count). The van der Waals surface area contributed by atoms with E-state index in [0.717, 1.165) is 6.07 Å². The molecular weight excluding hydrogens is 399 g/mol. The predicted octanol–water partition coefficient (Wildman–Crippen LogP) is 0.870. The number of piperazine rings is 1. The van der Waals surface area contributed by atoms with Crippen molar-refractivity contribution in [3.05, 3.63) is 59.9 Å². The molecule has 1 fully saturated rings. The summed E-state index contributed by atoms with van der Waals surface area (Å²) in [5.41, 5.74) is 5.83. The highest BCUT2D eigenvalue weighted by Crippen LogP contribution is 2.20. The molecule has 0 atom stereocenters. The van der Waals surface area contributed by atoms with Gasteiger partial charge < -0.3 is 11.1 Å². The zero-order valence-corrected chi connectivity index (χ0v) is 16.4. The van der Waals surface area contributed by atoms with Gasteiger partial charge in [0.1, 0.15) is 10.7 Å². The number of nitrogens with one attached hydrogen (secondary N) is 1. The van der Waals surface area contributed by atoms with E-state index in [9.17, 15) is 22.4 Å². The summed E-state index contributed by atoms with van der Waals surface area (Å²) in [6.45, 7) is 0.946. The van der Waals surface area contributed by atoms with Crippen molar-refractivity contribution < 1.29 is 22.4 Å². The number of amides is 2. The maximum Gasteiger partial charge on any atom is 0.250 e. The van der Waals surface area contributed by atoms with E-state index < -0.39 is 21.7 Å². The van der Waals surface area contributed by atoms with Crippen LogP contribution in [0.2, 0.25) is 0 Å². The van der Waals surface area contributed by atoms with Gasteiger partial charge in [-0.05, 0) is 24.3 Å². The van der Waals surface area contributed by atoms with Crippen molar-refractivity contribution in [3.63, 3.8) is 0 Å². The Balaban J connectivity index is 1.58. The SMILES string of the molecule is NC(=O)c1ccccc1NC(=O)CN1CCN(S(=O)(=O)c2ccccc2F)CC1. The fourth-order valence-electron chi connectivity index (χ4n) is 3.12. The van der Waals surface area contributed by atoms with E-state index in [1.54, 1.807) is 23.1 Å². The fraction of sp³-hybridized carbons (Fsp3) is 0.263. The summed E-state index contributed by atoms with van der Waals surface area (Å²) in [6.07, 6.45) is 0. The molecule has 3 N–H and O–H groups in total. The predicted molar refractivity (Wildman–Crippen MR) is 105 cm³/mol. The standard InChI is InChI=1S/C19H21FN4O4S/c20-15-6-2-4-8-17(15)29(27,28)24-11-9-23(10-12-24)13-18(25)22-16-7-3-1-5-14(16)19(21)26/h1-8H,9-13H2,(H2,21,26)(H,22,25). The first-order valence-corrected chi connectivity index (χ1v) is 10.4. The molecule has 29 heavy (non-hydrogen) atoms. The summed E-state index contributed by atoms with van der Waals surface area (Å²) in [6, 6.07) is 11.7. The van der Waals surface area contributed by atoms with Gasteiger partial charge in [-0.25, -0.2) is 12.8 Å². The van der Waals surface area contributed by atoms with Crippen LogP contribution in [0.4, 0.5) is 10.1 Å². The molecule has 2 amide bonds. The van der Waals surface area contributed by atoms with E-state index in [-0.39, 0.29) is 36.0 Å². The highest BCUT2D eigenvalue weighted by atomic mass is 32.2. The van der Waals surface area contributed by atoms with Crippen LogP contribution in [0, 0.1) is 5.82 Å². The molecule has 10 heteroatoms. The first-order valence-electron chi connectivity index (χ1n) is 8.95. The van der Waals surface area contributed by atoms with Gasteiger partial charge in [-0.2, -0.15) is 4.31 Å². The third-order valence-corrected chi connectivity index (χ3v) is 6.55. The fourth-order valence-corrected chi connectivity index (χ4v) is 4.61. The van der Waals surface area contributed by atoms with Crippen LogP contribution in [0.25, 0.3) is 0 Å². The number of sulfonamides is 1. The van der Waals surface area contributed by atoms with Gasteiger partial charge in [0.05, 0.1) is 17.8 Å². The quantitative estimate of drug-likeness (QED) is 0.720. The van der Waals surface area contributed by atoms with Gasteiger partial charge in [0.2, 0.25) is 15.9 Å². The van der Waals surface area contributed by atoms with E-state index in [4.69, 9.17) is 5.73 Å². The summed E-state index contributed by atoms with van der Waals surface area (Å²) in [5.74, 6) is -1.78. The maximum absolute atomic E-state index is 13.9. The van der Waals surface area contributed by atoms with Crippen LogP contribution in [0.1, 0.15) is 10.4 Å². The van der Waals surface area contributed by atoms with Gasteiger partial charge in [-0.3, -0.25) is 14.5 Å². The minimum absolute atomic E-state index is 0.0285. The molecule has 2 aromatic carbocycles. The van der Waals surface area contributed by atoms with Crippen molar-refractivity contribution in [3.8, 4) is 0 Å². The highest BCUT2D eigenvalue weighted by Gasteiger charge is 2.30. The number of carbonyl (C=O) groups is 2. The molecule has 1 saturated heterocycles. The normalized spacial score (nSPS) is 15.8. The molecule has 0 aliphatic carbocycles. The van der Waals surface area contributed by atoms with Crippen molar-refractivity contribution in [1.82, 2.24) is 9.21 Å². The molecule has 0 saturated carbocycles. The van der Waals surface area contributed by atoms with Gasteiger partial charge in [-0.15, -0.1) is 0 Å². The van der Waals surface area contributed by atoms with Crippen LogP contribution in [0.15, 0.2) is 53.4 Å². The smallest absolute Gasteiger partial charge is 0.250 e. The molecule has 0 unspecified atom stereocenters. The molecule has 1 aliphatic heterocycles. The Hall–Kier alpha value is -2.82. The van der Waals surface area contributed by atoms with Crippen LogP contribution < -0.4 is 11.1 Å². The Bertz CT molecular complexity index is 1020. The molecule has 154 valence electrons. The lowest BCUT2D eigenvalue weighted by Crippen LogP contribution is -2.50. The molecule has 2 aromatic rings. The van der Waals surface area contributed by atoms with Crippen LogP contribution >= 0.6 is 0 Å². The summed E-state index contributed by atoms with van der Waals surface area (Å²) in [5, 5.41) is 2.65. The van der Waals surface area contributed by atoms with E-state index >= 15 is 0 Å². The Morgan fingerprint density at radius 1 is 1.00 bits per heavy atom. The lowest BCUT2D eigenvalue weighted by Gasteiger charge is -2.33. The number of rotatable bonds is 6. The lowest BCUT2D eigenvalue weighted by atomic mass is 10.1. The molecule has 1 aliphatic rings. The number of nitrogens with zero attached hydrogens (tertiary/aromatic N) is 2. The largest absolute Gasteiger partial charge is 0.366 e. The number of para-hydroxylation sites is 1. The molecule has 8 nitrogen and oxygen atoms in total. The number of nitrogens with two attached hydrogens (primary N) is 1. The summed E-state index contributed by atoms with van der Waals surface area (Å²) in [7, 11) is -3.93. The van der Waals surface area contributed by atoms with Crippen LogP contribution in [-0.2, 0) is 14.8 Å². The number of hydrogen-bond donors (Lipinski definition) is 2. The number of anilines is 1. The topological polar surface area (TPSA) is 113 Å². The van der Waals surface area contributed by atoms with Crippen molar-refractivity contribution >= 4 is 27.5 Å². The number of hydrogen-bond acceptors (Lipinski definition) is 5. The second-order valence-electron chi connectivity index (χ2n) is 6.57. The van der Waals surface area contributed by atoms with Crippen LogP contribution in [0.3, 0.4) is 0 Å². The van der Waals surface area contributed by atoms with Crippen LogP contribution in [0.5, 0.6) is 0 Å². The van der Waals surface area contributed by atoms with Crippen molar-refractivity contribution in [2.24, 2.45) is 5.73 Å². The maximum atomic E-state index is 13.9. The minimum atomic E-state index is -3.93. The Morgan fingerprint density at radius 2 is 1.62 bits per heavy atom. The van der Waals surface area contributed by atoms with E-state index in [2.05, 4.69) is 5.32 Å². The third-order valence-electron chi connectivity index (χ3n) is 4.62. The van der Waals surface area contributed by atoms with Gasteiger partial charge in [-0.1, -0.05) is 24.3 Å². The minimum Gasteiger partial charge on any atom is -0.366 e. The average molecular weight is 420 g/mol. The zero-order chi connectivity index (χ0) is 21.0. The van der Waals surface area contributed by atoms with E-state index in [1.807, 2.05) is 0 Å². The van der Waals surface area contributed by atoms with Gasteiger partial charge in [0.15, 0.2) is 0 Å². The Morgan fingerprint density at radius 3 is 2.28 bits per heavy atom. The zero-order valence-electron chi connectivity index (χ0n) is 15.5. The average Bonchev–Trinajstić information content (AvgIpc) is 2.69. The molecule has 1 heterocycles. The third kappa shape index (κ3) is 4.78. The second kappa shape index (κ2) is 8.68. The van der Waals surface area contributed by atoms with Crippen LogP contribution in [-0.4, -0.2) is 62.2 Å². The van der Waals surface area contributed by atoms with Crippen molar-refractivity contribution in [1.29, 1.82) is 0 Å². The number of benzene rings is 2. The highest BCUT2D eigenvalue weighted by molar-refractivity contribution is 7.89. The number of carbonyl (C=O) groups excluding carboxylic acids is 2. The first-order chi connectivity index (χ1) is 13.8. The van der Waals surface area contributed by atoms with Gasteiger partial charge >= 0.3 is 0 Å². The molecule has 0 aromatic heterocycles. The Labute approximate surface area is 168 Å². The summed E-state index contributed by atoms with van der Waals surface area (Å²) < 4.78 is 40.3. The van der Waals surface area contributed by atoms with Gasteiger partial charge in [0.25, 0.3) is 5.91 Å². The lowest BCUT2D eigenvalue weighted by molar-refractivity contribution is -0.117. The number of primary amides is 1. The summed E-state index contributed by atoms with van der Waals surface area (Å²) in [4.78, 5) is 25.2. The molecule has 0 spiro atoms. The molecule has 0 bridgehead atoms. The number of halogens is 1. The summed E-state index contributed by atoms with van der Waals surface area (Å²) >= 11 is 0. The van der Waals surface area contributed by atoms with Crippen molar-refractivity contribution in [2.75, 3.05) is 38.0 Å². The Kier molecular flexibility index (Phi) is 6.26. The first kappa shape index (κ1) is 20.9. The monoisotopic (exact) mass is 420 g/mol.